The third kappa shape index (κ3) is 3.21. The molecule has 2 aromatic rings. The van der Waals surface area contributed by atoms with E-state index in [1.807, 2.05) is 42.6 Å². The molecular weight excluding hydrogens is 312 g/mol. The molecule has 0 bridgehead atoms. The Hall–Kier alpha value is -1.13. The Morgan fingerprint density at radius 2 is 2.22 bits per heavy atom. The van der Waals surface area contributed by atoms with Gasteiger partial charge in [0.1, 0.15) is 0 Å². The predicted molar refractivity (Wildman–Crippen MR) is 77.3 cm³/mol. The highest BCUT2D eigenvalue weighted by molar-refractivity contribution is 9.10. The molecule has 18 heavy (non-hydrogen) atoms. The summed E-state index contributed by atoms with van der Waals surface area (Å²) < 4.78 is 1.01. The lowest BCUT2D eigenvalue weighted by Gasteiger charge is -2.12. The van der Waals surface area contributed by atoms with Gasteiger partial charge in [-0.05, 0) is 40.9 Å². The minimum absolute atomic E-state index is 0.476. The molecule has 0 aliphatic heterocycles. The van der Waals surface area contributed by atoms with Gasteiger partial charge in [0.2, 0.25) is 0 Å². The van der Waals surface area contributed by atoms with Gasteiger partial charge in [0.15, 0.2) is 0 Å². The molecule has 1 aromatic carbocycles. The first-order valence-corrected chi connectivity index (χ1v) is 7.26. The minimum atomic E-state index is -0.773. The summed E-state index contributed by atoms with van der Waals surface area (Å²) in [6.07, 6.45) is 0.537. The lowest BCUT2D eigenvalue weighted by molar-refractivity contribution is -0.138. The van der Waals surface area contributed by atoms with Crippen molar-refractivity contribution in [2.75, 3.05) is 0 Å². The number of carbonyl (C=O) groups is 1. The number of hydrogen-bond acceptors (Lipinski definition) is 2. The fraction of sp³-hybridized carbons (Fsp3) is 0.214. The summed E-state index contributed by atoms with van der Waals surface area (Å²) >= 11 is 4.97. The molecule has 2 rings (SSSR count). The topological polar surface area (TPSA) is 37.3 Å². The Morgan fingerprint density at radius 3 is 2.78 bits per heavy atom. The highest BCUT2D eigenvalue weighted by Gasteiger charge is 2.21. The fourth-order valence-electron chi connectivity index (χ4n) is 1.90. The summed E-state index contributed by atoms with van der Waals surface area (Å²) in [4.78, 5) is 12.5. The van der Waals surface area contributed by atoms with Crippen LogP contribution in [0, 0.1) is 6.92 Å². The monoisotopic (exact) mass is 324 g/mol. The SMILES string of the molecule is Cc1cccc(C(Cc2cc(Br)cs2)C(=O)O)c1. The van der Waals surface area contributed by atoms with Crippen molar-refractivity contribution in [3.8, 4) is 0 Å². The number of carboxylic acid groups (broad SMARTS) is 1. The summed E-state index contributed by atoms with van der Waals surface area (Å²) in [5, 5.41) is 11.4. The van der Waals surface area contributed by atoms with E-state index in [0.29, 0.717) is 6.42 Å². The third-order valence-corrected chi connectivity index (χ3v) is 4.49. The standard InChI is InChI=1S/C14H13BrO2S/c1-9-3-2-4-10(5-9)13(14(16)17)7-12-6-11(15)8-18-12/h2-6,8,13H,7H2,1H3,(H,16,17). The van der Waals surface area contributed by atoms with E-state index in [9.17, 15) is 9.90 Å². The molecule has 1 unspecified atom stereocenters. The molecule has 1 aromatic heterocycles. The summed E-state index contributed by atoms with van der Waals surface area (Å²) in [7, 11) is 0. The van der Waals surface area contributed by atoms with Crippen molar-refractivity contribution in [2.45, 2.75) is 19.3 Å². The van der Waals surface area contributed by atoms with Crippen molar-refractivity contribution in [2.24, 2.45) is 0 Å². The molecule has 1 heterocycles. The third-order valence-electron chi connectivity index (χ3n) is 2.77. The summed E-state index contributed by atoms with van der Waals surface area (Å²) in [5.41, 5.74) is 1.96. The zero-order valence-electron chi connectivity index (χ0n) is 9.89. The number of benzene rings is 1. The van der Waals surface area contributed by atoms with Crippen LogP contribution in [0.15, 0.2) is 40.2 Å². The minimum Gasteiger partial charge on any atom is -0.481 e. The van der Waals surface area contributed by atoms with Gasteiger partial charge in [-0.1, -0.05) is 29.8 Å². The second kappa shape index (κ2) is 5.67. The maximum Gasteiger partial charge on any atom is 0.311 e. The number of aryl methyl sites for hydroxylation is 1. The van der Waals surface area contributed by atoms with Crippen molar-refractivity contribution >= 4 is 33.2 Å². The van der Waals surface area contributed by atoms with Crippen LogP contribution in [0.25, 0.3) is 0 Å². The van der Waals surface area contributed by atoms with Crippen molar-refractivity contribution in [3.63, 3.8) is 0 Å². The largest absolute Gasteiger partial charge is 0.481 e. The number of hydrogen-bond donors (Lipinski definition) is 1. The van der Waals surface area contributed by atoms with E-state index in [0.717, 1.165) is 20.5 Å². The lowest BCUT2D eigenvalue weighted by Crippen LogP contribution is -2.14. The first kappa shape index (κ1) is 13.3. The Morgan fingerprint density at radius 1 is 1.44 bits per heavy atom. The molecule has 94 valence electrons. The zero-order valence-corrected chi connectivity index (χ0v) is 12.3. The molecule has 0 saturated carbocycles. The summed E-state index contributed by atoms with van der Waals surface area (Å²) in [5.74, 6) is -1.25. The zero-order chi connectivity index (χ0) is 13.1. The Balaban J connectivity index is 2.26. The van der Waals surface area contributed by atoms with E-state index in [4.69, 9.17) is 0 Å². The van der Waals surface area contributed by atoms with E-state index in [1.165, 1.54) is 0 Å². The molecule has 0 spiro atoms. The molecule has 1 atom stereocenters. The summed E-state index contributed by atoms with van der Waals surface area (Å²) in [6.45, 7) is 1.98. The van der Waals surface area contributed by atoms with Crippen molar-refractivity contribution in [1.29, 1.82) is 0 Å². The smallest absolute Gasteiger partial charge is 0.311 e. The molecule has 0 aliphatic carbocycles. The molecule has 0 fully saturated rings. The fourth-order valence-corrected chi connectivity index (χ4v) is 3.39. The van der Waals surface area contributed by atoms with Crippen LogP contribution in [0.4, 0.5) is 0 Å². The Kier molecular flexibility index (Phi) is 4.19. The van der Waals surface area contributed by atoms with E-state index >= 15 is 0 Å². The van der Waals surface area contributed by atoms with E-state index in [1.54, 1.807) is 11.3 Å². The van der Waals surface area contributed by atoms with E-state index < -0.39 is 11.9 Å². The van der Waals surface area contributed by atoms with Crippen molar-refractivity contribution in [3.05, 3.63) is 56.2 Å². The van der Waals surface area contributed by atoms with Gasteiger partial charge >= 0.3 is 5.97 Å². The van der Waals surface area contributed by atoms with E-state index in [-0.39, 0.29) is 0 Å². The van der Waals surface area contributed by atoms with Crippen LogP contribution in [-0.2, 0) is 11.2 Å². The maximum atomic E-state index is 11.4. The molecule has 4 heteroatoms. The second-order valence-corrected chi connectivity index (χ2v) is 6.15. The normalized spacial score (nSPS) is 12.3. The average molecular weight is 325 g/mol. The first-order chi connectivity index (χ1) is 8.56. The molecule has 0 saturated heterocycles. The van der Waals surface area contributed by atoms with Gasteiger partial charge in [-0.25, -0.2) is 0 Å². The van der Waals surface area contributed by atoms with Crippen LogP contribution in [0.1, 0.15) is 21.9 Å². The molecule has 0 amide bonds. The second-order valence-electron chi connectivity index (χ2n) is 4.24. The number of carboxylic acids is 1. The quantitative estimate of drug-likeness (QED) is 0.913. The van der Waals surface area contributed by atoms with Crippen LogP contribution in [0.2, 0.25) is 0 Å². The molecule has 2 nitrogen and oxygen atoms in total. The maximum absolute atomic E-state index is 11.4. The van der Waals surface area contributed by atoms with Crippen LogP contribution < -0.4 is 0 Å². The van der Waals surface area contributed by atoms with Gasteiger partial charge in [-0.15, -0.1) is 11.3 Å². The highest BCUT2D eigenvalue weighted by atomic mass is 79.9. The van der Waals surface area contributed by atoms with Gasteiger partial charge in [0.05, 0.1) is 5.92 Å². The lowest BCUT2D eigenvalue weighted by atomic mass is 9.94. The number of rotatable bonds is 4. The Labute approximate surface area is 118 Å². The molecule has 0 aliphatic rings. The van der Waals surface area contributed by atoms with Crippen molar-refractivity contribution < 1.29 is 9.90 Å². The van der Waals surface area contributed by atoms with Crippen LogP contribution in [0.5, 0.6) is 0 Å². The number of thiophene rings is 1. The number of aliphatic carboxylic acids is 1. The summed E-state index contributed by atoms with van der Waals surface area (Å²) in [6, 6.07) is 9.70. The van der Waals surface area contributed by atoms with Crippen LogP contribution in [0.3, 0.4) is 0 Å². The first-order valence-electron chi connectivity index (χ1n) is 5.58. The van der Waals surface area contributed by atoms with Crippen LogP contribution in [-0.4, -0.2) is 11.1 Å². The van der Waals surface area contributed by atoms with Gasteiger partial charge in [-0.3, -0.25) is 4.79 Å². The van der Waals surface area contributed by atoms with Gasteiger partial charge in [0.25, 0.3) is 0 Å². The molecular formula is C14H13BrO2S. The van der Waals surface area contributed by atoms with E-state index in [2.05, 4.69) is 15.9 Å². The molecule has 0 radical (unpaired) electrons. The van der Waals surface area contributed by atoms with Gasteiger partial charge in [0, 0.05) is 14.7 Å². The predicted octanol–water partition coefficient (Wildman–Crippen LogP) is 4.23. The van der Waals surface area contributed by atoms with Crippen molar-refractivity contribution in [1.82, 2.24) is 0 Å². The number of halogens is 1. The van der Waals surface area contributed by atoms with Gasteiger partial charge < -0.3 is 5.11 Å². The van der Waals surface area contributed by atoms with Crippen LogP contribution >= 0.6 is 27.3 Å². The average Bonchev–Trinajstić information content (AvgIpc) is 2.71. The van der Waals surface area contributed by atoms with Gasteiger partial charge in [-0.2, -0.15) is 0 Å². The molecule has 1 N–H and O–H groups in total. The highest BCUT2D eigenvalue weighted by Crippen LogP contribution is 2.27. The Bertz CT molecular complexity index is 562.